The first-order valence-corrected chi connectivity index (χ1v) is 7.87. The fourth-order valence-corrected chi connectivity index (χ4v) is 3.05. The van der Waals surface area contributed by atoms with Crippen molar-refractivity contribution < 1.29 is 17.9 Å². The van der Waals surface area contributed by atoms with E-state index in [1.54, 1.807) is 13.0 Å². The number of ether oxygens (including phenoxy) is 2. The van der Waals surface area contributed by atoms with Crippen molar-refractivity contribution in [1.29, 1.82) is 0 Å². The lowest BCUT2D eigenvalue weighted by Crippen LogP contribution is -2.32. The van der Waals surface area contributed by atoms with Crippen LogP contribution in [0.2, 0.25) is 0 Å². The predicted octanol–water partition coefficient (Wildman–Crippen LogP) is 0.900. The standard InChI is InChI=1S/C13H22N2O4S/c1-5-14-6-7-15-20(16,17)13-9-12(19-4)11(18-3)8-10(13)2/h8-9,14-15H,5-7H2,1-4H3. The summed E-state index contributed by atoms with van der Waals surface area (Å²) in [6, 6.07) is 3.13. The van der Waals surface area contributed by atoms with Crippen LogP contribution in [0.1, 0.15) is 12.5 Å². The minimum Gasteiger partial charge on any atom is -0.493 e. The van der Waals surface area contributed by atoms with Crippen LogP contribution >= 0.6 is 0 Å². The van der Waals surface area contributed by atoms with Crippen molar-refractivity contribution in [3.8, 4) is 11.5 Å². The summed E-state index contributed by atoms with van der Waals surface area (Å²) >= 11 is 0. The number of aryl methyl sites for hydroxylation is 1. The summed E-state index contributed by atoms with van der Waals surface area (Å²) in [5, 5.41) is 3.06. The summed E-state index contributed by atoms with van der Waals surface area (Å²) in [6.45, 7) is 5.41. The van der Waals surface area contributed by atoms with Crippen LogP contribution in [-0.4, -0.2) is 42.3 Å². The van der Waals surface area contributed by atoms with Gasteiger partial charge in [-0.2, -0.15) is 0 Å². The maximum Gasteiger partial charge on any atom is 0.241 e. The van der Waals surface area contributed by atoms with Crippen LogP contribution in [0.5, 0.6) is 11.5 Å². The Labute approximate surface area is 120 Å². The van der Waals surface area contributed by atoms with E-state index in [-0.39, 0.29) is 4.90 Å². The summed E-state index contributed by atoms with van der Waals surface area (Å²) in [6.07, 6.45) is 0. The number of methoxy groups -OCH3 is 2. The highest BCUT2D eigenvalue weighted by Crippen LogP contribution is 2.32. The first-order chi connectivity index (χ1) is 9.46. The first kappa shape index (κ1) is 16.7. The molecule has 0 heterocycles. The molecule has 7 heteroatoms. The van der Waals surface area contributed by atoms with E-state index in [1.165, 1.54) is 20.3 Å². The lowest BCUT2D eigenvalue weighted by Gasteiger charge is -2.13. The van der Waals surface area contributed by atoms with E-state index < -0.39 is 10.0 Å². The Balaban J connectivity index is 2.99. The lowest BCUT2D eigenvalue weighted by molar-refractivity contribution is 0.353. The summed E-state index contributed by atoms with van der Waals surface area (Å²) in [5.41, 5.74) is 0.610. The molecule has 1 rings (SSSR count). The molecule has 0 atom stereocenters. The third kappa shape index (κ3) is 4.09. The van der Waals surface area contributed by atoms with Gasteiger partial charge in [0.1, 0.15) is 0 Å². The number of nitrogens with one attached hydrogen (secondary N) is 2. The maximum atomic E-state index is 12.2. The van der Waals surface area contributed by atoms with E-state index in [0.29, 0.717) is 30.2 Å². The number of sulfonamides is 1. The van der Waals surface area contributed by atoms with Gasteiger partial charge in [-0.3, -0.25) is 0 Å². The molecule has 0 aliphatic heterocycles. The van der Waals surface area contributed by atoms with E-state index in [4.69, 9.17) is 9.47 Å². The highest BCUT2D eigenvalue weighted by Gasteiger charge is 2.19. The molecule has 0 saturated carbocycles. The second-order valence-electron chi connectivity index (χ2n) is 4.22. The Bertz CT molecular complexity index is 544. The molecule has 2 N–H and O–H groups in total. The Kier molecular flexibility index (Phi) is 6.25. The quantitative estimate of drug-likeness (QED) is 0.698. The molecule has 20 heavy (non-hydrogen) atoms. The van der Waals surface area contributed by atoms with Crippen LogP contribution in [0.15, 0.2) is 17.0 Å². The zero-order valence-corrected chi connectivity index (χ0v) is 13.1. The second-order valence-corrected chi connectivity index (χ2v) is 5.96. The SMILES string of the molecule is CCNCCNS(=O)(=O)c1cc(OC)c(OC)cc1C. The molecule has 0 aliphatic carbocycles. The van der Waals surface area contributed by atoms with Gasteiger partial charge in [-0.15, -0.1) is 0 Å². The fourth-order valence-electron chi connectivity index (χ4n) is 1.78. The third-order valence-electron chi connectivity index (χ3n) is 2.81. The summed E-state index contributed by atoms with van der Waals surface area (Å²) in [5.74, 6) is 0.904. The van der Waals surface area contributed by atoms with Crippen molar-refractivity contribution in [3.05, 3.63) is 17.7 Å². The zero-order valence-electron chi connectivity index (χ0n) is 12.3. The van der Waals surface area contributed by atoms with Crippen LogP contribution in [-0.2, 0) is 10.0 Å². The van der Waals surface area contributed by atoms with E-state index >= 15 is 0 Å². The number of hydrogen-bond donors (Lipinski definition) is 2. The molecule has 0 aromatic heterocycles. The van der Waals surface area contributed by atoms with Gasteiger partial charge in [0.2, 0.25) is 10.0 Å². The summed E-state index contributed by atoms with van der Waals surface area (Å²) < 4.78 is 37.3. The molecule has 0 unspecified atom stereocenters. The van der Waals surface area contributed by atoms with Gasteiger partial charge in [-0.05, 0) is 25.1 Å². The molecule has 6 nitrogen and oxygen atoms in total. The lowest BCUT2D eigenvalue weighted by atomic mass is 10.2. The van der Waals surface area contributed by atoms with Gasteiger partial charge >= 0.3 is 0 Å². The van der Waals surface area contributed by atoms with E-state index in [2.05, 4.69) is 10.0 Å². The maximum absolute atomic E-state index is 12.2. The number of benzene rings is 1. The topological polar surface area (TPSA) is 76.7 Å². The Morgan fingerprint density at radius 2 is 1.70 bits per heavy atom. The second kappa shape index (κ2) is 7.47. The van der Waals surface area contributed by atoms with Crippen LogP contribution in [0.4, 0.5) is 0 Å². The number of hydrogen-bond acceptors (Lipinski definition) is 5. The van der Waals surface area contributed by atoms with E-state index in [1.807, 2.05) is 6.92 Å². The predicted molar refractivity (Wildman–Crippen MR) is 78.0 cm³/mol. The Hall–Kier alpha value is -1.31. The Morgan fingerprint density at radius 1 is 1.10 bits per heavy atom. The molecule has 0 spiro atoms. The monoisotopic (exact) mass is 302 g/mol. The van der Waals surface area contributed by atoms with E-state index in [0.717, 1.165) is 6.54 Å². The van der Waals surface area contributed by atoms with Crippen molar-refractivity contribution in [2.24, 2.45) is 0 Å². The molecule has 0 fully saturated rings. The summed E-state index contributed by atoms with van der Waals surface area (Å²) in [7, 11) is -0.566. The van der Waals surface area contributed by atoms with Crippen molar-refractivity contribution in [2.45, 2.75) is 18.7 Å². The van der Waals surface area contributed by atoms with Crippen molar-refractivity contribution in [3.63, 3.8) is 0 Å². The van der Waals surface area contributed by atoms with Crippen LogP contribution in [0, 0.1) is 6.92 Å². The van der Waals surface area contributed by atoms with Gasteiger partial charge in [0.15, 0.2) is 11.5 Å². The molecule has 0 radical (unpaired) electrons. The average molecular weight is 302 g/mol. The first-order valence-electron chi connectivity index (χ1n) is 6.39. The molecule has 0 aliphatic rings. The highest BCUT2D eigenvalue weighted by atomic mass is 32.2. The van der Waals surface area contributed by atoms with Gasteiger partial charge in [0, 0.05) is 19.2 Å². The van der Waals surface area contributed by atoms with Gasteiger partial charge in [-0.1, -0.05) is 6.92 Å². The third-order valence-corrected chi connectivity index (χ3v) is 4.42. The van der Waals surface area contributed by atoms with Gasteiger partial charge in [-0.25, -0.2) is 13.1 Å². The smallest absolute Gasteiger partial charge is 0.241 e. The normalized spacial score (nSPS) is 11.4. The zero-order chi connectivity index (χ0) is 15.2. The molecule has 1 aromatic rings. The number of likely N-dealkylation sites (N-methyl/N-ethyl adjacent to an activating group) is 1. The van der Waals surface area contributed by atoms with Crippen LogP contribution < -0.4 is 19.5 Å². The molecule has 0 amide bonds. The Morgan fingerprint density at radius 3 is 2.25 bits per heavy atom. The van der Waals surface area contributed by atoms with E-state index in [9.17, 15) is 8.42 Å². The molecule has 0 bridgehead atoms. The van der Waals surface area contributed by atoms with Gasteiger partial charge < -0.3 is 14.8 Å². The fraction of sp³-hybridized carbons (Fsp3) is 0.538. The van der Waals surface area contributed by atoms with Crippen LogP contribution in [0.3, 0.4) is 0 Å². The molecular weight excluding hydrogens is 280 g/mol. The molecule has 114 valence electrons. The average Bonchev–Trinajstić information content (AvgIpc) is 2.43. The van der Waals surface area contributed by atoms with Gasteiger partial charge in [0.25, 0.3) is 0 Å². The van der Waals surface area contributed by atoms with Crippen molar-refractivity contribution >= 4 is 10.0 Å². The van der Waals surface area contributed by atoms with Crippen molar-refractivity contribution in [1.82, 2.24) is 10.0 Å². The largest absolute Gasteiger partial charge is 0.493 e. The molecular formula is C13H22N2O4S. The molecule has 0 saturated heterocycles. The summed E-state index contributed by atoms with van der Waals surface area (Å²) in [4.78, 5) is 0.201. The minimum atomic E-state index is -3.55. The highest BCUT2D eigenvalue weighted by molar-refractivity contribution is 7.89. The van der Waals surface area contributed by atoms with Crippen molar-refractivity contribution in [2.75, 3.05) is 33.9 Å². The van der Waals surface area contributed by atoms with Gasteiger partial charge in [0.05, 0.1) is 19.1 Å². The minimum absolute atomic E-state index is 0.201. The van der Waals surface area contributed by atoms with Crippen LogP contribution in [0.25, 0.3) is 0 Å². The molecule has 1 aromatic carbocycles. The number of rotatable bonds is 8.